The van der Waals surface area contributed by atoms with Crippen molar-refractivity contribution in [3.8, 4) is 0 Å². The summed E-state index contributed by atoms with van der Waals surface area (Å²) in [6.07, 6.45) is 1.62. The molecule has 0 spiro atoms. The van der Waals surface area contributed by atoms with E-state index < -0.39 is 0 Å². The summed E-state index contributed by atoms with van der Waals surface area (Å²) < 4.78 is 4.77. The highest BCUT2D eigenvalue weighted by atomic mass is 16.5. The molecule has 6 heteroatoms. The molecule has 1 aliphatic rings. The monoisotopic (exact) mass is 271 g/mol. The molecule has 110 valence electrons. The average Bonchev–Trinajstić information content (AvgIpc) is 2.37. The van der Waals surface area contributed by atoms with Gasteiger partial charge in [-0.05, 0) is 12.8 Å². The Kier molecular flexibility index (Phi) is 6.80. The van der Waals surface area contributed by atoms with Crippen molar-refractivity contribution in [2.24, 2.45) is 0 Å². The van der Waals surface area contributed by atoms with Crippen LogP contribution in [0.25, 0.3) is 0 Å². The summed E-state index contributed by atoms with van der Waals surface area (Å²) in [4.78, 5) is 25.1. The van der Waals surface area contributed by atoms with Crippen molar-refractivity contribution in [1.29, 1.82) is 0 Å². The minimum absolute atomic E-state index is 0.0891. The van der Waals surface area contributed by atoms with Crippen molar-refractivity contribution in [3.63, 3.8) is 0 Å². The van der Waals surface area contributed by atoms with E-state index in [0.717, 1.165) is 12.8 Å². The molecule has 1 fully saturated rings. The third kappa shape index (κ3) is 6.02. The second-order valence-corrected chi connectivity index (χ2v) is 5.19. The van der Waals surface area contributed by atoms with Crippen LogP contribution >= 0.6 is 0 Å². The van der Waals surface area contributed by atoms with Crippen LogP contribution in [0.15, 0.2) is 0 Å². The minimum atomic E-state index is -0.0891. The number of nitrogens with one attached hydrogen (secondary N) is 2. The average molecular weight is 271 g/mol. The Labute approximate surface area is 114 Å². The molecule has 0 aliphatic carbocycles. The molecule has 0 unspecified atom stereocenters. The topological polar surface area (TPSA) is 70.7 Å². The highest BCUT2D eigenvalue weighted by Gasteiger charge is 2.23. The van der Waals surface area contributed by atoms with Gasteiger partial charge in [-0.1, -0.05) is 13.8 Å². The van der Waals surface area contributed by atoms with Gasteiger partial charge in [0.1, 0.15) is 6.61 Å². The first-order valence-corrected chi connectivity index (χ1v) is 6.82. The van der Waals surface area contributed by atoms with Crippen LogP contribution in [0.3, 0.4) is 0 Å². The maximum absolute atomic E-state index is 11.9. The zero-order chi connectivity index (χ0) is 14.3. The number of carbonyl (C=O) groups excluding carboxylic acids is 2. The van der Waals surface area contributed by atoms with Crippen molar-refractivity contribution in [1.82, 2.24) is 15.5 Å². The van der Waals surface area contributed by atoms with Gasteiger partial charge in [0.2, 0.25) is 11.8 Å². The number of carbonyl (C=O) groups is 2. The quantitative estimate of drug-likeness (QED) is 0.698. The van der Waals surface area contributed by atoms with Crippen LogP contribution in [-0.4, -0.2) is 62.1 Å². The Hall–Kier alpha value is -1.14. The fraction of sp³-hybridized carbons (Fsp3) is 0.846. The van der Waals surface area contributed by atoms with E-state index in [1.165, 1.54) is 7.11 Å². The van der Waals surface area contributed by atoms with E-state index in [9.17, 15) is 9.59 Å². The molecule has 0 radical (unpaired) electrons. The first kappa shape index (κ1) is 15.9. The number of piperidine rings is 1. The van der Waals surface area contributed by atoms with Crippen molar-refractivity contribution >= 4 is 11.8 Å². The second-order valence-electron chi connectivity index (χ2n) is 5.19. The van der Waals surface area contributed by atoms with Gasteiger partial charge in [-0.3, -0.25) is 9.59 Å². The molecule has 6 nitrogen and oxygen atoms in total. The van der Waals surface area contributed by atoms with Gasteiger partial charge in [0.15, 0.2) is 0 Å². The van der Waals surface area contributed by atoms with E-state index in [0.29, 0.717) is 25.7 Å². The van der Waals surface area contributed by atoms with Crippen LogP contribution in [-0.2, 0) is 14.3 Å². The first-order valence-electron chi connectivity index (χ1n) is 6.82. The molecule has 0 bridgehead atoms. The van der Waals surface area contributed by atoms with Gasteiger partial charge >= 0.3 is 0 Å². The highest BCUT2D eigenvalue weighted by Crippen LogP contribution is 2.10. The van der Waals surface area contributed by atoms with Crippen LogP contribution in [0.2, 0.25) is 0 Å². The molecular weight excluding hydrogens is 246 g/mol. The largest absolute Gasteiger partial charge is 0.375 e. The number of likely N-dealkylation sites (tertiary alicyclic amines) is 1. The molecule has 1 rings (SSSR count). The smallest absolute Gasteiger partial charge is 0.246 e. The zero-order valence-electron chi connectivity index (χ0n) is 12.1. The van der Waals surface area contributed by atoms with E-state index in [2.05, 4.69) is 10.6 Å². The number of rotatable bonds is 6. The Morgan fingerprint density at radius 1 is 1.32 bits per heavy atom. The summed E-state index contributed by atoms with van der Waals surface area (Å²) in [6, 6.07) is 0.472. The third-order valence-electron chi connectivity index (χ3n) is 3.15. The highest BCUT2D eigenvalue weighted by molar-refractivity contribution is 5.79. The molecule has 0 atom stereocenters. The lowest BCUT2D eigenvalue weighted by Gasteiger charge is -2.32. The number of amides is 2. The van der Waals surface area contributed by atoms with Gasteiger partial charge < -0.3 is 20.3 Å². The van der Waals surface area contributed by atoms with E-state index >= 15 is 0 Å². The second kappa shape index (κ2) is 8.12. The number of hydrogen-bond donors (Lipinski definition) is 2. The van der Waals surface area contributed by atoms with Crippen molar-refractivity contribution < 1.29 is 14.3 Å². The molecule has 1 saturated heterocycles. The Balaban J connectivity index is 2.24. The fourth-order valence-corrected chi connectivity index (χ4v) is 2.08. The number of methoxy groups -OCH3 is 1. The molecular formula is C13H25N3O3. The van der Waals surface area contributed by atoms with Crippen molar-refractivity contribution in [2.45, 2.75) is 38.8 Å². The predicted octanol–water partition coefficient (Wildman–Crippen LogP) is -0.262. The zero-order valence-corrected chi connectivity index (χ0v) is 12.1. The van der Waals surface area contributed by atoms with E-state index in [1.807, 2.05) is 18.7 Å². The van der Waals surface area contributed by atoms with Crippen LogP contribution in [0.1, 0.15) is 26.7 Å². The molecule has 2 amide bonds. The molecule has 0 aromatic carbocycles. The standard InChI is InChI=1S/C13H25N3O3/c1-10(2)14-8-13(18)16-6-4-11(5-7-16)15-12(17)9-19-3/h10-11,14H,4-9H2,1-3H3,(H,15,17). The van der Waals surface area contributed by atoms with Crippen LogP contribution in [0.5, 0.6) is 0 Å². The van der Waals surface area contributed by atoms with Crippen LogP contribution in [0, 0.1) is 0 Å². The summed E-state index contributed by atoms with van der Waals surface area (Å²) in [5, 5.41) is 6.04. The van der Waals surface area contributed by atoms with Gasteiger partial charge in [0.05, 0.1) is 6.54 Å². The SMILES string of the molecule is COCC(=O)NC1CCN(C(=O)CNC(C)C)CC1. The number of hydrogen-bond acceptors (Lipinski definition) is 4. The molecule has 0 aromatic heterocycles. The fourth-order valence-electron chi connectivity index (χ4n) is 2.08. The lowest BCUT2D eigenvalue weighted by molar-refractivity contribution is -0.131. The van der Waals surface area contributed by atoms with E-state index in [-0.39, 0.29) is 24.5 Å². The number of ether oxygens (including phenoxy) is 1. The predicted molar refractivity (Wildman–Crippen MR) is 72.8 cm³/mol. The Bertz CT molecular complexity index is 300. The maximum atomic E-state index is 11.9. The van der Waals surface area contributed by atoms with Crippen molar-refractivity contribution in [2.75, 3.05) is 33.4 Å². The van der Waals surface area contributed by atoms with Crippen LogP contribution in [0.4, 0.5) is 0 Å². The van der Waals surface area contributed by atoms with Crippen molar-refractivity contribution in [3.05, 3.63) is 0 Å². The Morgan fingerprint density at radius 3 is 2.47 bits per heavy atom. The molecule has 0 saturated carbocycles. The molecule has 19 heavy (non-hydrogen) atoms. The first-order chi connectivity index (χ1) is 9.02. The van der Waals surface area contributed by atoms with Gasteiger partial charge in [0, 0.05) is 32.3 Å². The maximum Gasteiger partial charge on any atom is 0.246 e. The summed E-state index contributed by atoms with van der Waals surface area (Å²) in [6.45, 7) is 5.93. The third-order valence-corrected chi connectivity index (χ3v) is 3.15. The van der Waals surface area contributed by atoms with E-state index in [1.54, 1.807) is 0 Å². The summed E-state index contributed by atoms with van der Waals surface area (Å²) in [5.41, 5.74) is 0. The Morgan fingerprint density at radius 2 is 1.95 bits per heavy atom. The molecule has 1 aliphatic heterocycles. The lowest BCUT2D eigenvalue weighted by atomic mass is 10.0. The molecule has 1 heterocycles. The molecule has 0 aromatic rings. The molecule has 2 N–H and O–H groups in total. The summed E-state index contributed by atoms with van der Waals surface area (Å²) in [5.74, 6) is 0.0455. The summed E-state index contributed by atoms with van der Waals surface area (Å²) >= 11 is 0. The number of nitrogens with zero attached hydrogens (tertiary/aromatic N) is 1. The minimum Gasteiger partial charge on any atom is -0.375 e. The van der Waals surface area contributed by atoms with Gasteiger partial charge in [-0.15, -0.1) is 0 Å². The van der Waals surface area contributed by atoms with Crippen LogP contribution < -0.4 is 10.6 Å². The lowest BCUT2D eigenvalue weighted by Crippen LogP contribution is -2.49. The summed E-state index contributed by atoms with van der Waals surface area (Å²) in [7, 11) is 1.50. The van der Waals surface area contributed by atoms with Gasteiger partial charge in [0.25, 0.3) is 0 Å². The normalized spacial score (nSPS) is 16.7. The van der Waals surface area contributed by atoms with Gasteiger partial charge in [-0.25, -0.2) is 0 Å². The van der Waals surface area contributed by atoms with E-state index in [4.69, 9.17) is 4.74 Å². The van der Waals surface area contributed by atoms with Gasteiger partial charge in [-0.2, -0.15) is 0 Å².